The van der Waals surface area contributed by atoms with Gasteiger partial charge in [0.05, 0.1) is 0 Å². The normalized spacial score (nSPS) is 14.3. The van der Waals surface area contributed by atoms with Crippen LogP contribution in [0.15, 0.2) is 30.3 Å². The molecule has 3 N–H and O–H groups in total. The van der Waals surface area contributed by atoms with Crippen molar-refractivity contribution in [2.45, 2.75) is 26.7 Å². The van der Waals surface area contributed by atoms with E-state index in [-0.39, 0.29) is 0 Å². The fraction of sp³-hybridized carbons (Fsp3) is 0.500. The zero-order chi connectivity index (χ0) is 12.7. The van der Waals surface area contributed by atoms with Crippen LogP contribution in [-0.4, -0.2) is 13.1 Å². The molecule has 0 saturated heterocycles. The van der Waals surface area contributed by atoms with Crippen LogP contribution in [0.2, 0.25) is 0 Å². The van der Waals surface area contributed by atoms with Crippen molar-refractivity contribution in [1.29, 1.82) is 0 Å². The predicted octanol–water partition coefficient (Wildman–Crippen LogP) is 2.97. The van der Waals surface area contributed by atoms with Gasteiger partial charge in [0.15, 0.2) is 0 Å². The molecular weight excluding hydrogens is 233 g/mol. The molecule has 0 bridgehead atoms. The van der Waals surface area contributed by atoms with Crippen LogP contribution >= 0.6 is 7.59 Å². The van der Waals surface area contributed by atoms with E-state index >= 15 is 0 Å². The van der Waals surface area contributed by atoms with E-state index in [1.807, 2.05) is 37.3 Å². The topological polar surface area (TPSA) is 58.4 Å². The maximum atomic E-state index is 12.5. The molecule has 0 aliphatic rings. The fourth-order valence-corrected chi connectivity index (χ4v) is 3.31. The summed E-state index contributed by atoms with van der Waals surface area (Å²) in [5, 5.41) is 2.95. The van der Waals surface area contributed by atoms with Gasteiger partial charge in [-0.25, -0.2) is 5.09 Å². The second-order valence-electron chi connectivity index (χ2n) is 3.99. The van der Waals surface area contributed by atoms with E-state index in [2.05, 4.69) is 12.0 Å². The summed E-state index contributed by atoms with van der Waals surface area (Å²) < 4.78 is 14.2. The first-order chi connectivity index (χ1) is 8.11. The zero-order valence-electron chi connectivity index (χ0n) is 10.6. The van der Waals surface area contributed by atoms with E-state index in [0.717, 1.165) is 18.5 Å². The third kappa shape index (κ3) is 4.15. The van der Waals surface area contributed by atoms with Gasteiger partial charge in [-0.1, -0.05) is 32.0 Å². The number of hydrogen-bond donors (Lipinski definition) is 2. The monoisotopic (exact) mass is 255 g/mol. The Bertz CT molecular complexity index is 369. The first kappa shape index (κ1) is 14.2. The van der Waals surface area contributed by atoms with E-state index in [1.54, 1.807) is 4.67 Å². The summed E-state index contributed by atoms with van der Waals surface area (Å²) in [6, 6.07) is 9.66. The molecule has 17 heavy (non-hydrogen) atoms. The number of para-hydroxylation sites is 1. The van der Waals surface area contributed by atoms with Crippen molar-refractivity contribution in [1.82, 2.24) is 5.09 Å². The van der Waals surface area contributed by atoms with Crippen molar-refractivity contribution >= 4 is 13.3 Å². The highest BCUT2D eigenvalue weighted by Crippen LogP contribution is 2.40. The molecule has 1 atom stereocenters. The van der Waals surface area contributed by atoms with Crippen molar-refractivity contribution in [2.24, 2.45) is 5.50 Å². The molecule has 96 valence electrons. The van der Waals surface area contributed by atoms with Crippen LogP contribution in [0.4, 0.5) is 5.69 Å². The molecule has 0 aromatic heterocycles. The number of nitrogens with two attached hydrogens (primary N) is 1. The average molecular weight is 255 g/mol. The van der Waals surface area contributed by atoms with Crippen molar-refractivity contribution < 1.29 is 4.57 Å². The minimum absolute atomic E-state index is 0.667. The Balaban J connectivity index is 2.89. The van der Waals surface area contributed by atoms with Crippen LogP contribution < -0.4 is 15.3 Å². The minimum Gasteiger partial charge on any atom is -0.300 e. The third-order valence-electron chi connectivity index (χ3n) is 2.44. The Kier molecular flexibility index (Phi) is 5.69. The molecule has 0 fully saturated rings. The number of anilines is 1. The van der Waals surface area contributed by atoms with Crippen LogP contribution in [0, 0.1) is 0 Å². The highest BCUT2D eigenvalue weighted by Gasteiger charge is 2.24. The van der Waals surface area contributed by atoms with Gasteiger partial charge in [-0.3, -0.25) is 14.7 Å². The lowest BCUT2D eigenvalue weighted by molar-refractivity contribution is 0.560. The molecule has 0 spiro atoms. The second-order valence-corrected chi connectivity index (χ2v) is 6.03. The Morgan fingerprint density at radius 2 is 1.88 bits per heavy atom. The predicted molar refractivity (Wildman–Crippen MR) is 74.2 cm³/mol. The smallest absolute Gasteiger partial charge is 0.300 e. The molecule has 1 unspecified atom stereocenters. The summed E-state index contributed by atoms with van der Waals surface area (Å²) in [7, 11) is -2.97. The Morgan fingerprint density at radius 1 is 1.24 bits per heavy atom. The number of nitrogens with one attached hydrogen (secondary N) is 1. The molecule has 4 nitrogen and oxygen atoms in total. The molecule has 0 aliphatic carbocycles. The Hall–Kier alpha value is -0.830. The average Bonchev–Trinajstić information content (AvgIpc) is 2.34. The number of hydrogen-bond acceptors (Lipinski definition) is 1. The van der Waals surface area contributed by atoms with Gasteiger partial charge in [0, 0.05) is 18.8 Å². The highest BCUT2D eigenvalue weighted by molar-refractivity contribution is 7.61. The van der Waals surface area contributed by atoms with Crippen LogP contribution in [0.3, 0.4) is 0 Å². The highest BCUT2D eigenvalue weighted by atomic mass is 31.2. The van der Waals surface area contributed by atoms with Gasteiger partial charge in [0.1, 0.15) is 0 Å². The van der Waals surface area contributed by atoms with Crippen LogP contribution in [0.5, 0.6) is 0 Å². The summed E-state index contributed by atoms with van der Waals surface area (Å²) in [4.78, 5) is 0. The summed E-state index contributed by atoms with van der Waals surface area (Å²) in [5.41, 5.74) is 6.84. The van der Waals surface area contributed by atoms with Gasteiger partial charge in [-0.05, 0) is 25.0 Å². The number of rotatable bonds is 7. The SMILES string of the molecule is CCCNP(N)(=O)N(CCC)c1ccccc1. The van der Waals surface area contributed by atoms with Crippen LogP contribution in [0.1, 0.15) is 26.7 Å². The molecule has 1 aromatic rings. The largest absolute Gasteiger partial charge is 0.303 e. The van der Waals surface area contributed by atoms with E-state index < -0.39 is 7.59 Å². The number of nitrogens with zero attached hydrogens (tertiary/aromatic N) is 1. The summed E-state index contributed by atoms with van der Waals surface area (Å²) >= 11 is 0. The first-order valence-electron chi connectivity index (χ1n) is 6.08. The van der Waals surface area contributed by atoms with Gasteiger partial charge in [-0.2, -0.15) is 0 Å². The minimum atomic E-state index is -2.97. The van der Waals surface area contributed by atoms with Crippen LogP contribution in [0.25, 0.3) is 0 Å². The van der Waals surface area contributed by atoms with Gasteiger partial charge in [0.2, 0.25) is 0 Å². The lowest BCUT2D eigenvalue weighted by atomic mass is 10.3. The summed E-state index contributed by atoms with van der Waals surface area (Å²) in [6.45, 7) is 5.44. The molecule has 0 heterocycles. The molecule has 1 rings (SSSR count). The molecular formula is C12H22N3OP. The maximum absolute atomic E-state index is 12.5. The Labute approximate surface area is 104 Å². The van der Waals surface area contributed by atoms with Crippen molar-refractivity contribution in [2.75, 3.05) is 17.8 Å². The maximum Gasteiger partial charge on any atom is 0.303 e. The van der Waals surface area contributed by atoms with Gasteiger partial charge >= 0.3 is 7.59 Å². The molecule has 0 amide bonds. The van der Waals surface area contributed by atoms with E-state index in [0.29, 0.717) is 13.1 Å². The van der Waals surface area contributed by atoms with Gasteiger partial charge in [0.25, 0.3) is 0 Å². The quantitative estimate of drug-likeness (QED) is 0.735. The van der Waals surface area contributed by atoms with E-state index in [4.69, 9.17) is 5.50 Å². The second kappa shape index (κ2) is 6.80. The van der Waals surface area contributed by atoms with Gasteiger partial charge in [-0.15, -0.1) is 0 Å². The molecule has 0 radical (unpaired) electrons. The standard InChI is InChI=1S/C12H22N3OP/c1-3-10-14-17(13,16)15(11-4-2)12-8-6-5-7-9-12/h5-9H,3-4,10-11H2,1-2H3,(H3,13,14,16). The first-order valence-corrected chi connectivity index (χ1v) is 7.81. The third-order valence-corrected chi connectivity index (χ3v) is 4.26. The van der Waals surface area contributed by atoms with Crippen molar-refractivity contribution in [3.8, 4) is 0 Å². The lowest BCUT2D eigenvalue weighted by Gasteiger charge is -2.30. The van der Waals surface area contributed by atoms with Crippen molar-refractivity contribution in [3.05, 3.63) is 30.3 Å². The Morgan fingerprint density at radius 3 is 2.41 bits per heavy atom. The summed E-state index contributed by atoms with van der Waals surface area (Å²) in [6.07, 6.45) is 1.82. The van der Waals surface area contributed by atoms with Gasteiger partial charge < -0.3 is 0 Å². The summed E-state index contributed by atoms with van der Waals surface area (Å²) in [5.74, 6) is 0. The van der Waals surface area contributed by atoms with Crippen molar-refractivity contribution in [3.63, 3.8) is 0 Å². The molecule has 5 heteroatoms. The zero-order valence-corrected chi connectivity index (χ0v) is 11.5. The van der Waals surface area contributed by atoms with E-state index in [1.165, 1.54) is 0 Å². The lowest BCUT2D eigenvalue weighted by Crippen LogP contribution is -2.33. The molecule has 0 saturated carbocycles. The molecule has 1 aromatic carbocycles. The number of benzene rings is 1. The van der Waals surface area contributed by atoms with E-state index in [9.17, 15) is 4.57 Å². The molecule has 0 aliphatic heterocycles. The fourth-order valence-electron chi connectivity index (χ4n) is 1.62. The van der Waals surface area contributed by atoms with Crippen LogP contribution in [-0.2, 0) is 4.57 Å².